The van der Waals surface area contributed by atoms with Crippen molar-refractivity contribution in [3.05, 3.63) is 30.3 Å². The molecule has 0 atom stereocenters. The minimum Gasteiger partial charge on any atom is -0.309 e. The predicted octanol–water partition coefficient (Wildman–Crippen LogP) is 1.81. The standard InChI is InChI=1S/C13H21N3O/c1-15(2)11-7-10-13(17)16(3)14-12-8-5-4-6-9-12/h4-6,8-9,14H,7,10-11H2,1-3H3. The summed E-state index contributed by atoms with van der Waals surface area (Å²) in [7, 11) is 5.78. The van der Waals surface area contributed by atoms with E-state index in [1.165, 1.54) is 0 Å². The van der Waals surface area contributed by atoms with Crippen molar-refractivity contribution in [2.24, 2.45) is 0 Å². The number of nitrogens with one attached hydrogen (secondary N) is 1. The molecule has 1 N–H and O–H groups in total. The maximum atomic E-state index is 11.8. The molecule has 94 valence electrons. The molecule has 4 nitrogen and oxygen atoms in total. The molecule has 17 heavy (non-hydrogen) atoms. The summed E-state index contributed by atoms with van der Waals surface area (Å²) in [5.74, 6) is 0.107. The first-order valence-corrected chi connectivity index (χ1v) is 5.82. The van der Waals surface area contributed by atoms with Crippen LogP contribution in [0.15, 0.2) is 30.3 Å². The van der Waals surface area contributed by atoms with E-state index in [9.17, 15) is 4.79 Å². The molecule has 0 unspecified atom stereocenters. The van der Waals surface area contributed by atoms with Crippen molar-refractivity contribution < 1.29 is 4.79 Å². The zero-order valence-electron chi connectivity index (χ0n) is 10.8. The summed E-state index contributed by atoms with van der Waals surface area (Å²) in [6.45, 7) is 0.935. The lowest BCUT2D eigenvalue weighted by molar-refractivity contribution is -0.128. The molecule has 0 radical (unpaired) electrons. The lowest BCUT2D eigenvalue weighted by Gasteiger charge is -2.20. The number of hydrogen-bond acceptors (Lipinski definition) is 3. The van der Waals surface area contributed by atoms with E-state index < -0.39 is 0 Å². The van der Waals surface area contributed by atoms with Crippen LogP contribution in [-0.2, 0) is 4.79 Å². The normalized spacial score (nSPS) is 10.4. The van der Waals surface area contributed by atoms with Crippen LogP contribution in [-0.4, -0.2) is 43.5 Å². The third kappa shape index (κ3) is 5.36. The average molecular weight is 235 g/mol. The highest BCUT2D eigenvalue weighted by Crippen LogP contribution is 2.06. The molecule has 1 rings (SSSR count). The minimum atomic E-state index is 0.107. The zero-order valence-corrected chi connectivity index (χ0v) is 10.8. The van der Waals surface area contributed by atoms with Crippen molar-refractivity contribution in [2.45, 2.75) is 12.8 Å². The molecule has 0 aromatic heterocycles. The van der Waals surface area contributed by atoms with Crippen LogP contribution in [0.25, 0.3) is 0 Å². The van der Waals surface area contributed by atoms with Gasteiger partial charge in [0.1, 0.15) is 0 Å². The number of hydrogen-bond donors (Lipinski definition) is 1. The van der Waals surface area contributed by atoms with E-state index in [1.807, 2.05) is 44.4 Å². The SMILES string of the molecule is CN(C)CCCC(=O)N(C)Nc1ccccc1. The maximum absolute atomic E-state index is 11.8. The molecule has 1 amide bonds. The Bertz CT molecular complexity index is 338. The van der Waals surface area contributed by atoms with E-state index in [1.54, 1.807) is 12.1 Å². The monoisotopic (exact) mass is 235 g/mol. The van der Waals surface area contributed by atoms with Gasteiger partial charge < -0.3 is 4.90 Å². The van der Waals surface area contributed by atoms with Crippen LogP contribution in [0.4, 0.5) is 5.69 Å². The van der Waals surface area contributed by atoms with Gasteiger partial charge in [-0.15, -0.1) is 0 Å². The van der Waals surface area contributed by atoms with Gasteiger partial charge in [-0.2, -0.15) is 0 Å². The molecule has 0 aliphatic rings. The highest BCUT2D eigenvalue weighted by atomic mass is 16.2. The van der Waals surface area contributed by atoms with Crippen molar-refractivity contribution in [1.29, 1.82) is 0 Å². The Morgan fingerprint density at radius 3 is 2.41 bits per heavy atom. The molecule has 1 aromatic rings. The number of carbonyl (C=O) groups excluding carboxylic acids is 1. The fourth-order valence-corrected chi connectivity index (χ4v) is 1.48. The van der Waals surface area contributed by atoms with Gasteiger partial charge in [0.15, 0.2) is 0 Å². The van der Waals surface area contributed by atoms with Crippen LogP contribution >= 0.6 is 0 Å². The van der Waals surface area contributed by atoms with Crippen LogP contribution in [0.5, 0.6) is 0 Å². The first-order chi connectivity index (χ1) is 8.09. The lowest BCUT2D eigenvalue weighted by atomic mass is 10.3. The Balaban J connectivity index is 2.32. The number of rotatable bonds is 6. The first-order valence-electron chi connectivity index (χ1n) is 5.82. The van der Waals surface area contributed by atoms with Crippen molar-refractivity contribution in [1.82, 2.24) is 9.91 Å². The van der Waals surface area contributed by atoms with E-state index in [4.69, 9.17) is 0 Å². The Morgan fingerprint density at radius 2 is 1.82 bits per heavy atom. The second-order valence-electron chi connectivity index (χ2n) is 4.34. The molecule has 4 heteroatoms. The highest BCUT2D eigenvalue weighted by molar-refractivity contribution is 5.77. The van der Waals surface area contributed by atoms with Crippen molar-refractivity contribution in [3.8, 4) is 0 Å². The number of benzene rings is 1. The van der Waals surface area contributed by atoms with Gasteiger partial charge in [0.2, 0.25) is 5.91 Å². The van der Waals surface area contributed by atoms with Gasteiger partial charge >= 0.3 is 0 Å². The maximum Gasteiger partial charge on any atom is 0.240 e. The van der Waals surface area contributed by atoms with E-state index in [0.29, 0.717) is 6.42 Å². The van der Waals surface area contributed by atoms with Crippen LogP contribution in [0.1, 0.15) is 12.8 Å². The average Bonchev–Trinajstić information content (AvgIpc) is 2.29. The van der Waals surface area contributed by atoms with Gasteiger partial charge in [0.05, 0.1) is 5.69 Å². The predicted molar refractivity (Wildman–Crippen MR) is 70.6 cm³/mol. The second kappa shape index (κ2) is 6.91. The Morgan fingerprint density at radius 1 is 1.18 bits per heavy atom. The molecule has 0 heterocycles. The van der Waals surface area contributed by atoms with Crippen LogP contribution in [0.3, 0.4) is 0 Å². The number of carbonyl (C=O) groups is 1. The second-order valence-corrected chi connectivity index (χ2v) is 4.34. The molecular weight excluding hydrogens is 214 g/mol. The quantitative estimate of drug-likeness (QED) is 0.764. The van der Waals surface area contributed by atoms with Gasteiger partial charge in [-0.05, 0) is 39.2 Å². The molecule has 0 spiro atoms. The van der Waals surface area contributed by atoms with Gasteiger partial charge in [0, 0.05) is 13.5 Å². The summed E-state index contributed by atoms with van der Waals surface area (Å²) in [4.78, 5) is 13.9. The third-order valence-corrected chi connectivity index (χ3v) is 2.44. The molecule has 0 aliphatic heterocycles. The van der Waals surface area contributed by atoms with Gasteiger partial charge in [-0.1, -0.05) is 18.2 Å². The fourth-order valence-electron chi connectivity index (χ4n) is 1.48. The number of anilines is 1. The number of nitrogens with zero attached hydrogens (tertiary/aromatic N) is 2. The van der Waals surface area contributed by atoms with E-state index in [0.717, 1.165) is 18.7 Å². The van der Waals surface area contributed by atoms with Crippen LogP contribution in [0.2, 0.25) is 0 Å². The molecule has 0 fully saturated rings. The number of amides is 1. The summed E-state index contributed by atoms with van der Waals surface area (Å²) in [6, 6.07) is 9.69. The smallest absolute Gasteiger partial charge is 0.240 e. The van der Waals surface area contributed by atoms with Crippen LogP contribution in [0, 0.1) is 0 Å². The minimum absolute atomic E-state index is 0.107. The van der Waals surface area contributed by atoms with Crippen molar-refractivity contribution >= 4 is 11.6 Å². The molecule has 0 saturated heterocycles. The summed E-state index contributed by atoms with van der Waals surface area (Å²) < 4.78 is 0. The highest BCUT2D eigenvalue weighted by Gasteiger charge is 2.07. The summed E-state index contributed by atoms with van der Waals surface area (Å²) in [5.41, 5.74) is 3.98. The number of para-hydroxylation sites is 1. The van der Waals surface area contributed by atoms with Gasteiger partial charge in [0.25, 0.3) is 0 Å². The van der Waals surface area contributed by atoms with E-state index >= 15 is 0 Å². The summed E-state index contributed by atoms with van der Waals surface area (Å²) in [6.07, 6.45) is 1.45. The van der Waals surface area contributed by atoms with E-state index in [-0.39, 0.29) is 5.91 Å². The first kappa shape index (κ1) is 13.5. The Labute approximate surface area is 103 Å². The molecule has 0 saturated carbocycles. The van der Waals surface area contributed by atoms with Gasteiger partial charge in [-0.25, -0.2) is 0 Å². The third-order valence-electron chi connectivity index (χ3n) is 2.44. The molecular formula is C13H21N3O. The Hall–Kier alpha value is -1.55. The zero-order chi connectivity index (χ0) is 12.7. The molecule has 1 aromatic carbocycles. The topological polar surface area (TPSA) is 35.6 Å². The summed E-state index contributed by atoms with van der Waals surface area (Å²) >= 11 is 0. The van der Waals surface area contributed by atoms with Gasteiger partial charge in [-0.3, -0.25) is 15.2 Å². The lowest BCUT2D eigenvalue weighted by Crippen LogP contribution is -2.32. The van der Waals surface area contributed by atoms with Crippen molar-refractivity contribution in [3.63, 3.8) is 0 Å². The largest absolute Gasteiger partial charge is 0.309 e. The van der Waals surface area contributed by atoms with E-state index in [2.05, 4.69) is 10.3 Å². The fraction of sp³-hybridized carbons (Fsp3) is 0.462. The number of hydrazine groups is 1. The molecule has 0 bridgehead atoms. The molecule has 0 aliphatic carbocycles. The van der Waals surface area contributed by atoms with Crippen LogP contribution < -0.4 is 5.43 Å². The Kier molecular flexibility index (Phi) is 5.49. The van der Waals surface area contributed by atoms with Crippen molar-refractivity contribution in [2.75, 3.05) is 33.1 Å². The summed E-state index contributed by atoms with van der Waals surface area (Å²) in [5, 5.41) is 1.55.